The monoisotopic (exact) mass is 106 g/mol. The van der Waals surface area contributed by atoms with Crippen molar-refractivity contribution in [3.05, 3.63) is 0 Å². The van der Waals surface area contributed by atoms with Gasteiger partial charge in [-0.05, 0) is 12.9 Å². The fourth-order valence-electron chi connectivity index (χ4n) is 0.247. The standard InChI is InChI=1S/C3H6O2S/c6-5-2-3-1-4-3/h3,6H,1-2H2. The first-order chi connectivity index (χ1) is 2.93. The summed E-state index contributed by atoms with van der Waals surface area (Å²) in [5, 5.41) is 0. The minimum atomic E-state index is 0.350. The molecule has 1 rings (SSSR count). The lowest BCUT2D eigenvalue weighted by Gasteiger charge is -1.82. The topological polar surface area (TPSA) is 21.8 Å². The maximum Gasteiger partial charge on any atom is 0.105 e. The van der Waals surface area contributed by atoms with Gasteiger partial charge in [0.2, 0.25) is 0 Å². The van der Waals surface area contributed by atoms with Gasteiger partial charge in [-0.3, -0.25) is 0 Å². The average Bonchev–Trinajstić information content (AvgIpc) is 2.21. The molecule has 0 spiro atoms. The third-order valence-electron chi connectivity index (χ3n) is 0.663. The Morgan fingerprint density at radius 1 is 2.00 bits per heavy atom. The van der Waals surface area contributed by atoms with Gasteiger partial charge in [0.05, 0.1) is 13.2 Å². The third kappa shape index (κ3) is 1.16. The summed E-state index contributed by atoms with van der Waals surface area (Å²) in [6, 6.07) is 0. The van der Waals surface area contributed by atoms with E-state index < -0.39 is 0 Å². The lowest BCUT2D eigenvalue weighted by atomic mass is 10.5. The zero-order valence-electron chi connectivity index (χ0n) is 3.26. The quantitative estimate of drug-likeness (QED) is 0.309. The second kappa shape index (κ2) is 1.82. The molecule has 3 heteroatoms. The molecular weight excluding hydrogens is 100 g/mol. The molecule has 1 aliphatic heterocycles. The van der Waals surface area contributed by atoms with E-state index in [0.717, 1.165) is 6.61 Å². The molecule has 0 amide bonds. The van der Waals surface area contributed by atoms with E-state index in [4.69, 9.17) is 4.74 Å². The molecule has 1 fully saturated rings. The number of epoxide rings is 1. The molecule has 1 saturated heterocycles. The van der Waals surface area contributed by atoms with E-state index in [1.807, 2.05) is 0 Å². The van der Waals surface area contributed by atoms with Crippen LogP contribution < -0.4 is 0 Å². The largest absolute Gasteiger partial charge is 0.371 e. The molecule has 1 heterocycles. The summed E-state index contributed by atoms with van der Waals surface area (Å²) in [4.78, 5) is 0. The summed E-state index contributed by atoms with van der Waals surface area (Å²) >= 11 is 3.52. The van der Waals surface area contributed by atoms with Crippen LogP contribution in [0.3, 0.4) is 0 Å². The predicted octanol–water partition coefficient (Wildman–Crippen LogP) is 0.247. The van der Waals surface area contributed by atoms with E-state index in [1.54, 1.807) is 0 Å². The Balaban J connectivity index is 1.88. The highest BCUT2D eigenvalue weighted by atomic mass is 32.1. The molecule has 0 N–H and O–H groups in total. The molecule has 1 aliphatic rings. The van der Waals surface area contributed by atoms with Gasteiger partial charge in [-0.2, -0.15) is 0 Å². The fourth-order valence-corrected chi connectivity index (χ4v) is 0.414. The molecule has 2 nitrogen and oxygen atoms in total. The zero-order chi connectivity index (χ0) is 4.41. The molecule has 0 radical (unpaired) electrons. The molecule has 1 atom stereocenters. The molecule has 0 aromatic carbocycles. The first kappa shape index (κ1) is 4.43. The van der Waals surface area contributed by atoms with Crippen LogP contribution in [0.1, 0.15) is 0 Å². The van der Waals surface area contributed by atoms with Gasteiger partial charge in [-0.25, -0.2) is 0 Å². The predicted molar refractivity (Wildman–Crippen MR) is 24.7 cm³/mol. The van der Waals surface area contributed by atoms with Crippen LogP contribution in [0.15, 0.2) is 0 Å². The van der Waals surface area contributed by atoms with Crippen molar-refractivity contribution < 1.29 is 8.92 Å². The van der Waals surface area contributed by atoms with Crippen LogP contribution in [-0.2, 0) is 8.92 Å². The average molecular weight is 106 g/mol. The molecule has 0 aliphatic carbocycles. The Kier molecular flexibility index (Phi) is 1.34. The van der Waals surface area contributed by atoms with Crippen LogP contribution in [0.25, 0.3) is 0 Å². The van der Waals surface area contributed by atoms with E-state index in [0.29, 0.717) is 12.7 Å². The van der Waals surface area contributed by atoms with Crippen LogP contribution in [0, 0.1) is 0 Å². The Morgan fingerprint density at radius 3 is 2.83 bits per heavy atom. The second-order valence-electron chi connectivity index (χ2n) is 1.25. The van der Waals surface area contributed by atoms with Gasteiger partial charge >= 0.3 is 0 Å². The highest BCUT2D eigenvalue weighted by molar-refractivity contribution is 7.75. The van der Waals surface area contributed by atoms with Crippen molar-refractivity contribution in [2.24, 2.45) is 0 Å². The summed E-state index contributed by atoms with van der Waals surface area (Å²) in [6.45, 7) is 1.48. The number of thiol groups is 1. The van der Waals surface area contributed by atoms with Crippen molar-refractivity contribution >= 4 is 12.9 Å². The normalized spacial score (nSPS) is 30.5. The summed E-state index contributed by atoms with van der Waals surface area (Å²) in [7, 11) is 0. The first-order valence-corrected chi connectivity index (χ1v) is 2.18. The molecule has 0 bridgehead atoms. The van der Waals surface area contributed by atoms with Gasteiger partial charge in [0, 0.05) is 0 Å². The van der Waals surface area contributed by atoms with Gasteiger partial charge in [0.1, 0.15) is 6.10 Å². The van der Waals surface area contributed by atoms with Crippen molar-refractivity contribution in [1.29, 1.82) is 0 Å². The van der Waals surface area contributed by atoms with Gasteiger partial charge < -0.3 is 8.92 Å². The van der Waals surface area contributed by atoms with Gasteiger partial charge in [0.25, 0.3) is 0 Å². The number of rotatable bonds is 2. The van der Waals surface area contributed by atoms with E-state index in [2.05, 4.69) is 17.1 Å². The lowest BCUT2D eigenvalue weighted by Crippen LogP contribution is -1.91. The van der Waals surface area contributed by atoms with Crippen LogP contribution in [0.4, 0.5) is 0 Å². The van der Waals surface area contributed by atoms with Crippen LogP contribution in [0.2, 0.25) is 0 Å². The summed E-state index contributed by atoms with van der Waals surface area (Å²) in [6.07, 6.45) is 0.350. The smallest absolute Gasteiger partial charge is 0.105 e. The first-order valence-electron chi connectivity index (χ1n) is 1.81. The maximum atomic E-state index is 4.78. The van der Waals surface area contributed by atoms with Crippen molar-refractivity contribution in [1.82, 2.24) is 0 Å². The molecular formula is C3H6O2S. The molecule has 0 saturated carbocycles. The molecule has 1 unspecified atom stereocenters. The van der Waals surface area contributed by atoms with Crippen molar-refractivity contribution in [2.75, 3.05) is 13.2 Å². The molecule has 0 aromatic rings. The van der Waals surface area contributed by atoms with E-state index in [1.165, 1.54) is 0 Å². The summed E-state index contributed by atoms with van der Waals surface area (Å²) in [5.41, 5.74) is 0. The highest BCUT2D eigenvalue weighted by Gasteiger charge is 2.21. The lowest BCUT2D eigenvalue weighted by molar-refractivity contribution is 0.300. The minimum Gasteiger partial charge on any atom is -0.371 e. The van der Waals surface area contributed by atoms with E-state index >= 15 is 0 Å². The zero-order valence-corrected chi connectivity index (χ0v) is 4.15. The van der Waals surface area contributed by atoms with Crippen molar-refractivity contribution in [3.8, 4) is 0 Å². The maximum absolute atomic E-state index is 4.78. The number of hydrogen-bond donors (Lipinski definition) is 1. The Morgan fingerprint density at radius 2 is 2.67 bits per heavy atom. The fraction of sp³-hybridized carbons (Fsp3) is 1.00. The van der Waals surface area contributed by atoms with E-state index in [9.17, 15) is 0 Å². The van der Waals surface area contributed by atoms with Crippen molar-refractivity contribution in [2.45, 2.75) is 6.10 Å². The Bertz CT molecular complexity index is 44.1. The SMILES string of the molecule is SOCC1CO1. The van der Waals surface area contributed by atoms with Gasteiger partial charge in [0.15, 0.2) is 0 Å². The second-order valence-corrected chi connectivity index (χ2v) is 1.51. The molecule has 36 valence electrons. The number of hydrogen-bond acceptors (Lipinski definition) is 3. The van der Waals surface area contributed by atoms with Gasteiger partial charge in [-0.1, -0.05) is 0 Å². The minimum absolute atomic E-state index is 0.350. The van der Waals surface area contributed by atoms with Crippen LogP contribution >= 0.6 is 12.9 Å². The van der Waals surface area contributed by atoms with Crippen LogP contribution in [-0.4, -0.2) is 19.3 Å². The summed E-state index contributed by atoms with van der Waals surface area (Å²) in [5.74, 6) is 0. The Hall–Kier alpha value is 0.270. The molecule has 6 heavy (non-hydrogen) atoms. The van der Waals surface area contributed by atoms with Crippen LogP contribution in [0.5, 0.6) is 0 Å². The van der Waals surface area contributed by atoms with E-state index in [-0.39, 0.29) is 0 Å². The Labute approximate surface area is 42.1 Å². The number of ether oxygens (including phenoxy) is 1. The summed E-state index contributed by atoms with van der Waals surface area (Å²) < 4.78 is 9.21. The van der Waals surface area contributed by atoms with Gasteiger partial charge in [-0.15, -0.1) is 0 Å². The molecule has 0 aromatic heterocycles. The highest BCUT2D eigenvalue weighted by Crippen LogP contribution is 2.08. The van der Waals surface area contributed by atoms with Crippen molar-refractivity contribution in [3.63, 3.8) is 0 Å². The third-order valence-corrected chi connectivity index (χ3v) is 0.812.